The van der Waals surface area contributed by atoms with Crippen molar-refractivity contribution in [2.45, 2.75) is 12.6 Å². The van der Waals surface area contributed by atoms with E-state index in [9.17, 15) is 21.6 Å². The first kappa shape index (κ1) is 19.6. The van der Waals surface area contributed by atoms with Crippen LogP contribution in [0.25, 0.3) is 5.82 Å². The minimum atomic E-state index is -4.54. The van der Waals surface area contributed by atoms with Crippen molar-refractivity contribution in [3.05, 3.63) is 55.1 Å². The number of rotatable bonds is 7. The molecule has 0 spiro atoms. The van der Waals surface area contributed by atoms with E-state index in [-0.39, 0.29) is 11.6 Å². The van der Waals surface area contributed by atoms with Crippen molar-refractivity contribution in [2.24, 2.45) is 0 Å². The Morgan fingerprint density at radius 1 is 1.07 bits per heavy atom. The highest BCUT2D eigenvalue weighted by Gasteiger charge is 2.29. The standard InChI is InChI=1S/C16H14F3N5O3S/c17-16(18,19)7-10-28(25,26)23-12-1-3-13(4-2-12)27-15-6-5-14(21-22-15)24-9-8-20-11-24/h1-6,8-9,11,23H,7,10H2. The maximum absolute atomic E-state index is 12.2. The molecular formula is C16H14F3N5O3S. The first-order valence-electron chi connectivity index (χ1n) is 7.87. The second-order valence-electron chi connectivity index (χ2n) is 5.61. The van der Waals surface area contributed by atoms with E-state index in [1.807, 2.05) is 0 Å². The van der Waals surface area contributed by atoms with Crippen LogP contribution >= 0.6 is 0 Å². The Morgan fingerprint density at radius 3 is 2.39 bits per heavy atom. The number of nitrogens with zero attached hydrogens (tertiary/aromatic N) is 4. The normalized spacial score (nSPS) is 12.0. The summed E-state index contributed by atoms with van der Waals surface area (Å²) in [4.78, 5) is 3.91. The van der Waals surface area contributed by atoms with Crippen molar-refractivity contribution < 1.29 is 26.3 Å². The van der Waals surface area contributed by atoms with Crippen molar-refractivity contribution in [3.8, 4) is 17.4 Å². The molecule has 0 amide bonds. The third-order valence-corrected chi connectivity index (χ3v) is 4.69. The zero-order chi connectivity index (χ0) is 20.2. The highest BCUT2D eigenvalue weighted by molar-refractivity contribution is 7.92. The molecule has 0 aliphatic rings. The van der Waals surface area contributed by atoms with Crippen LogP contribution in [-0.2, 0) is 10.0 Å². The summed E-state index contributed by atoms with van der Waals surface area (Å²) >= 11 is 0. The van der Waals surface area contributed by atoms with Gasteiger partial charge in [-0.25, -0.2) is 13.4 Å². The minimum absolute atomic E-state index is 0.121. The average Bonchev–Trinajstić information content (AvgIpc) is 3.16. The van der Waals surface area contributed by atoms with Crippen LogP contribution in [0.4, 0.5) is 18.9 Å². The van der Waals surface area contributed by atoms with Crippen LogP contribution in [0.2, 0.25) is 0 Å². The highest BCUT2D eigenvalue weighted by Crippen LogP contribution is 2.23. The molecule has 0 atom stereocenters. The van der Waals surface area contributed by atoms with Gasteiger partial charge in [-0.2, -0.15) is 13.2 Å². The summed E-state index contributed by atoms with van der Waals surface area (Å²) in [7, 11) is -4.11. The number of hydrogen-bond donors (Lipinski definition) is 1. The summed E-state index contributed by atoms with van der Waals surface area (Å²) in [6.07, 6.45) is -1.08. The molecule has 2 heterocycles. The van der Waals surface area contributed by atoms with Crippen LogP contribution in [0.15, 0.2) is 55.1 Å². The summed E-state index contributed by atoms with van der Waals surface area (Å²) in [6.45, 7) is 0. The number of alkyl halides is 3. The first-order valence-corrected chi connectivity index (χ1v) is 9.53. The second kappa shape index (κ2) is 7.84. The third kappa shape index (κ3) is 5.67. The predicted octanol–water partition coefficient (Wildman–Crippen LogP) is 3.15. The predicted molar refractivity (Wildman–Crippen MR) is 93.8 cm³/mol. The van der Waals surface area contributed by atoms with Gasteiger partial charge in [0.2, 0.25) is 15.9 Å². The Kier molecular flexibility index (Phi) is 5.49. The lowest BCUT2D eigenvalue weighted by molar-refractivity contribution is -0.129. The number of benzene rings is 1. The van der Waals surface area contributed by atoms with E-state index in [4.69, 9.17) is 4.74 Å². The molecule has 0 saturated heterocycles. The van der Waals surface area contributed by atoms with Gasteiger partial charge in [0.25, 0.3) is 0 Å². The van der Waals surface area contributed by atoms with Crippen LogP contribution < -0.4 is 9.46 Å². The minimum Gasteiger partial charge on any atom is -0.438 e. The van der Waals surface area contributed by atoms with E-state index in [1.165, 1.54) is 24.3 Å². The quantitative estimate of drug-likeness (QED) is 0.639. The molecule has 28 heavy (non-hydrogen) atoms. The Labute approximate surface area is 158 Å². The number of ether oxygens (including phenoxy) is 1. The van der Waals surface area contributed by atoms with Gasteiger partial charge in [-0.15, -0.1) is 10.2 Å². The fourth-order valence-electron chi connectivity index (χ4n) is 2.09. The second-order valence-corrected chi connectivity index (χ2v) is 7.45. The number of halogens is 3. The molecule has 0 aliphatic heterocycles. The molecule has 12 heteroatoms. The summed E-state index contributed by atoms with van der Waals surface area (Å²) in [5.74, 6) is 0.0619. The molecule has 0 bridgehead atoms. The van der Waals surface area contributed by atoms with E-state index in [2.05, 4.69) is 19.9 Å². The zero-order valence-corrected chi connectivity index (χ0v) is 15.0. The van der Waals surface area contributed by atoms with Crippen molar-refractivity contribution >= 4 is 15.7 Å². The smallest absolute Gasteiger partial charge is 0.390 e. The Morgan fingerprint density at radius 2 is 1.82 bits per heavy atom. The first-order chi connectivity index (χ1) is 13.2. The van der Waals surface area contributed by atoms with Gasteiger partial charge >= 0.3 is 6.18 Å². The van der Waals surface area contributed by atoms with E-state index in [0.717, 1.165) is 0 Å². The number of sulfonamides is 1. The summed E-state index contributed by atoms with van der Waals surface area (Å²) < 4.78 is 69.1. The molecule has 0 fully saturated rings. The van der Waals surface area contributed by atoms with Crippen LogP contribution in [0, 0.1) is 0 Å². The maximum Gasteiger partial charge on any atom is 0.390 e. The van der Waals surface area contributed by atoms with Gasteiger partial charge < -0.3 is 4.74 Å². The SMILES string of the molecule is O=S(=O)(CCC(F)(F)F)Nc1ccc(Oc2ccc(-n3ccnc3)nn2)cc1. The molecule has 148 valence electrons. The Balaban J connectivity index is 1.60. The molecule has 1 N–H and O–H groups in total. The van der Waals surface area contributed by atoms with E-state index < -0.39 is 28.4 Å². The van der Waals surface area contributed by atoms with Crippen molar-refractivity contribution in [2.75, 3.05) is 10.5 Å². The molecule has 3 aromatic rings. The van der Waals surface area contributed by atoms with Crippen LogP contribution in [0.1, 0.15) is 6.42 Å². The number of anilines is 1. The lowest BCUT2D eigenvalue weighted by atomic mass is 10.3. The van der Waals surface area contributed by atoms with Crippen molar-refractivity contribution in [1.29, 1.82) is 0 Å². The van der Waals surface area contributed by atoms with Gasteiger partial charge in [0.05, 0.1) is 12.2 Å². The molecule has 0 saturated carbocycles. The van der Waals surface area contributed by atoms with E-state index >= 15 is 0 Å². The van der Waals surface area contributed by atoms with E-state index in [0.29, 0.717) is 11.6 Å². The number of hydrogen-bond acceptors (Lipinski definition) is 6. The zero-order valence-electron chi connectivity index (χ0n) is 14.2. The Hall–Kier alpha value is -3.15. The topological polar surface area (TPSA) is 99.0 Å². The van der Waals surface area contributed by atoms with Crippen LogP contribution in [0.3, 0.4) is 0 Å². The number of aromatic nitrogens is 4. The molecule has 0 aliphatic carbocycles. The lowest BCUT2D eigenvalue weighted by Gasteiger charge is -2.10. The molecule has 3 rings (SSSR count). The van der Waals surface area contributed by atoms with Gasteiger partial charge in [0.15, 0.2) is 5.82 Å². The van der Waals surface area contributed by atoms with Crippen molar-refractivity contribution in [3.63, 3.8) is 0 Å². The molecule has 0 unspecified atom stereocenters. The van der Waals surface area contributed by atoms with Gasteiger partial charge in [-0.1, -0.05) is 0 Å². The number of nitrogens with one attached hydrogen (secondary N) is 1. The van der Waals surface area contributed by atoms with Crippen LogP contribution in [-0.4, -0.2) is 40.1 Å². The van der Waals surface area contributed by atoms with E-state index in [1.54, 1.807) is 35.4 Å². The largest absolute Gasteiger partial charge is 0.438 e. The fraction of sp³-hybridized carbons (Fsp3) is 0.188. The van der Waals surface area contributed by atoms with Crippen LogP contribution in [0.5, 0.6) is 11.6 Å². The molecule has 1 aromatic carbocycles. The van der Waals surface area contributed by atoms with Gasteiger partial charge in [0, 0.05) is 24.1 Å². The van der Waals surface area contributed by atoms with Crippen molar-refractivity contribution in [1.82, 2.24) is 19.7 Å². The lowest BCUT2D eigenvalue weighted by Crippen LogP contribution is -2.21. The van der Waals surface area contributed by atoms with Gasteiger partial charge in [-0.3, -0.25) is 9.29 Å². The number of imidazole rings is 1. The maximum atomic E-state index is 12.2. The molecular weight excluding hydrogens is 399 g/mol. The summed E-state index contributed by atoms with van der Waals surface area (Å²) in [5, 5.41) is 7.91. The van der Waals surface area contributed by atoms with Gasteiger partial charge in [0.1, 0.15) is 12.1 Å². The molecule has 2 aromatic heterocycles. The summed E-state index contributed by atoms with van der Waals surface area (Å²) in [5.41, 5.74) is 0.121. The third-order valence-electron chi connectivity index (χ3n) is 3.40. The summed E-state index contributed by atoms with van der Waals surface area (Å²) in [6, 6.07) is 8.91. The monoisotopic (exact) mass is 413 g/mol. The molecule has 0 radical (unpaired) electrons. The fourth-order valence-corrected chi connectivity index (χ4v) is 3.19. The van der Waals surface area contributed by atoms with Gasteiger partial charge in [-0.05, 0) is 30.3 Å². The average molecular weight is 413 g/mol. The molecule has 8 nitrogen and oxygen atoms in total. The Bertz CT molecular complexity index is 1010. The highest BCUT2D eigenvalue weighted by atomic mass is 32.2.